The average molecular weight is 455 g/mol. The minimum absolute atomic E-state index is 0.00102. The van der Waals surface area contributed by atoms with Gasteiger partial charge in [-0.15, -0.1) is 0 Å². The van der Waals surface area contributed by atoms with E-state index in [1.165, 1.54) is 6.07 Å². The maximum atomic E-state index is 13.4. The molecule has 1 aromatic heterocycles. The summed E-state index contributed by atoms with van der Waals surface area (Å²) in [4.78, 5) is 19.9. The van der Waals surface area contributed by atoms with Gasteiger partial charge in [0.05, 0.1) is 5.52 Å². The molecule has 2 heterocycles. The molecule has 0 atom stereocenters. The van der Waals surface area contributed by atoms with Gasteiger partial charge in [-0.05, 0) is 62.8 Å². The molecule has 1 aliphatic heterocycles. The highest BCUT2D eigenvalue weighted by atomic mass is 35.5. The number of anilines is 1. The van der Waals surface area contributed by atoms with E-state index in [0.29, 0.717) is 16.1 Å². The molecule has 9 heteroatoms. The number of pyridine rings is 1. The summed E-state index contributed by atoms with van der Waals surface area (Å²) in [5.41, 5.74) is -0.159. The third kappa shape index (κ3) is 4.84. The average Bonchev–Trinajstić information content (AvgIpc) is 3.27. The van der Waals surface area contributed by atoms with E-state index < -0.39 is 11.9 Å². The van der Waals surface area contributed by atoms with E-state index in [-0.39, 0.29) is 23.6 Å². The highest BCUT2D eigenvalue weighted by Crippen LogP contribution is 2.37. The lowest BCUT2D eigenvalue weighted by molar-refractivity contribution is -0.140. The van der Waals surface area contributed by atoms with E-state index in [9.17, 15) is 18.0 Å². The van der Waals surface area contributed by atoms with E-state index in [0.717, 1.165) is 57.7 Å². The molecule has 1 N–H and O–H groups in total. The number of hydrogen-bond acceptors (Lipinski definition) is 3. The van der Waals surface area contributed by atoms with Crippen LogP contribution in [0.5, 0.6) is 0 Å². The van der Waals surface area contributed by atoms with Crippen LogP contribution in [0, 0.1) is 0 Å². The number of fused-ring (bicyclic) bond motifs is 1. The van der Waals surface area contributed by atoms with Crippen LogP contribution < -0.4 is 10.2 Å². The van der Waals surface area contributed by atoms with Crippen molar-refractivity contribution in [3.05, 3.63) is 35.0 Å². The summed E-state index contributed by atoms with van der Waals surface area (Å²) >= 11 is 6.12. The molecule has 168 valence electrons. The van der Waals surface area contributed by atoms with Crippen molar-refractivity contribution in [3.63, 3.8) is 0 Å². The molecular formula is C22H26ClF3N4O. The number of likely N-dealkylation sites (tertiary alicyclic amines) is 1. The molecule has 1 saturated heterocycles. The molecule has 2 aliphatic rings. The number of amides is 2. The Hall–Kier alpha value is -2.22. The van der Waals surface area contributed by atoms with Crippen LogP contribution in [-0.4, -0.2) is 48.1 Å². The summed E-state index contributed by atoms with van der Waals surface area (Å²) in [6.45, 7) is 1.62. The van der Waals surface area contributed by atoms with E-state index in [2.05, 4.69) is 10.3 Å². The number of nitrogens with one attached hydrogen (secondary N) is 1. The van der Waals surface area contributed by atoms with Gasteiger partial charge in [0, 0.05) is 48.3 Å². The molecule has 1 saturated carbocycles. The van der Waals surface area contributed by atoms with Crippen LogP contribution >= 0.6 is 11.6 Å². The van der Waals surface area contributed by atoms with Gasteiger partial charge in [0.1, 0.15) is 5.69 Å². The van der Waals surface area contributed by atoms with Gasteiger partial charge in [-0.1, -0.05) is 11.6 Å². The highest BCUT2D eigenvalue weighted by Gasteiger charge is 2.35. The van der Waals surface area contributed by atoms with Crippen molar-refractivity contribution < 1.29 is 18.0 Å². The van der Waals surface area contributed by atoms with E-state index in [1.54, 1.807) is 12.1 Å². The predicted octanol–water partition coefficient (Wildman–Crippen LogP) is 5.46. The van der Waals surface area contributed by atoms with Gasteiger partial charge in [-0.25, -0.2) is 9.78 Å². The Morgan fingerprint density at radius 1 is 1.16 bits per heavy atom. The van der Waals surface area contributed by atoms with Crippen LogP contribution in [0.2, 0.25) is 5.02 Å². The molecule has 31 heavy (non-hydrogen) atoms. The standard InChI is InChI=1S/C22H26ClF3N4O/c1-29(16-7-5-15(6-8-16)27-21(31)30-10-2-3-11-30)19-13-20(22(24,25)26)28-18-9-4-14(23)12-17(18)19/h4,9,12-13,15-16H,2-3,5-8,10-11H2,1H3,(H,27,31)/t15-,16+. The van der Waals surface area contributed by atoms with Crippen molar-refractivity contribution in [2.24, 2.45) is 0 Å². The number of alkyl halides is 3. The largest absolute Gasteiger partial charge is 0.433 e. The van der Waals surface area contributed by atoms with Crippen molar-refractivity contribution in [1.82, 2.24) is 15.2 Å². The number of aromatic nitrogens is 1. The number of carbonyl (C=O) groups excluding carboxylic acids is 1. The molecule has 5 nitrogen and oxygen atoms in total. The second-order valence-corrected chi connectivity index (χ2v) is 8.88. The number of nitrogens with zero attached hydrogens (tertiary/aromatic N) is 3. The minimum atomic E-state index is -4.53. The van der Waals surface area contributed by atoms with Gasteiger partial charge in [0.2, 0.25) is 0 Å². The molecule has 0 radical (unpaired) electrons. The molecule has 0 unspecified atom stereocenters. The molecule has 2 aromatic rings. The van der Waals surface area contributed by atoms with Crippen LogP contribution in [0.25, 0.3) is 10.9 Å². The van der Waals surface area contributed by atoms with Crippen molar-refractivity contribution in [1.29, 1.82) is 0 Å². The van der Waals surface area contributed by atoms with Crippen molar-refractivity contribution >= 4 is 34.2 Å². The van der Waals surface area contributed by atoms with E-state index >= 15 is 0 Å². The summed E-state index contributed by atoms with van der Waals surface area (Å²) < 4.78 is 40.3. The lowest BCUT2D eigenvalue weighted by atomic mass is 9.90. The zero-order valence-electron chi connectivity index (χ0n) is 17.4. The predicted molar refractivity (Wildman–Crippen MR) is 116 cm³/mol. The number of halogens is 4. The Balaban J connectivity index is 1.50. The molecular weight excluding hydrogens is 429 g/mol. The van der Waals surface area contributed by atoms with Crippen LogP contribution in [0.4, 0.5) is 23.7 Å². The molecule has 2 fully saturated rings. The zero-order chi connectivity index (χ0) is 22.2. The number of benzene rings is 1. The Morgan fingerprint density at radius 3 is 2.48 bits per heavy atom. The number of carbonyl (C=O) groups is 1. The molecule has 1 aliphatic carbocycles. The topological polar surface area (TPSA) is 48.5 Å². The van der Waals surface area contributed by atoms with Crippen LogP contribution in [0.3, 0.4) is 0 Å². The number of hydrogen-bond donors (Lipinski definition) is 1. The van der Waals surface area contributed by atoms with Gasteiger partial charge < -0.3 is 15.1 Å². The molecule has 1 aromatic carbocycles. The first kappa shape index (κ1) is 22.0. The van der Waals surface area contributed by atoms with Crippen molar-refractivity contribution in [2.45, 2.75) is 56.8 Å². The maximum absolute atomic E-state index is 13.4. The van der Waals surface area contributed by atoms with Gasteiger partial charge >= 0.3 is 12.2 Å². The first-order valence-corrected chi connectivity index (χ1v) is 11.1. The van der Waals surface area contributed by atoms with E-state index in [4.69, 9.17) is 11.6 Å². The fourth-order valence-corrected chi connectivity index (χ4v) is 4.78. The molecule has 4 rings (SSSR count). The second kappa shape index (κ2) is 8.73. The summed E-state index contributed by atoms with van der Waals surface area (Å²) in [6.07, 6.45) is 0.736. The summed E-state index contributed by atoms with van der Waals surface area (Å²) in [5.74, 6) is 0. The van der Waals surface area contributed by atoms with Crippen molar-refractivity contribution in [2.75, 3.05) is 25.0 Å². The lowest BCUT2D eigenvalue weighted by Gasteiger charge is -2.37. The monoisotopic (exact) mass is 454 g/mol. The first-order chi connectivity index (χ1) is 14.7. The molecule has 0 bridgehead atoms. The van der Waals surface area contributed by atoms with Gasteiger partial charge in [-0.3, -0.25) is 0 Å². The summed E-state index contributed by atoms with van der Waals surface area (Å²) in [7, 11) is 1.82. The summed E-state index contributed by atoms with van der Waals surface area (Å²) in [5, 5.41) is 4.18. The zero-order valence-corrected chi connectivity index (χ0v) is 18.1. The number of rotatable bonds is 3. The van der Waals surface area contributed by atoms with Gasteiger partial charge in [-0.2, -0.15) is 13.2 Å². The van der Waals surface area contributed by atoms with Crippen LogP contribution in [0.1, 0.15) is 44.2 Å². The van der Waals surface area contributed by atoms with Crippen LogP contribution in [-0.2, 0) is 6.18 Å². The van der Waals surface area contributed by atoms with Gasteiger partial charge in [0.25, 0.3) is 0 Å². The Labute approximate surface area is 184 Å². The first-order valence-electron chi connectivity index (χ1n) is 10.7. The minimum Gasteiger partial charge on any atom is -0.371 e. The quantitative estimate of drug-likeness (QED) is 0.670. The molecule has 2 amide bonds. The Kier molecular flexibility index (Phi) is 6.19. The van der Waals surface area contributed by atoms with Crippen molar-refractivity contribution in [3.8, 4) is 0 Å². The fourth-order valence-electron chi connectivity index (χ4n) is 4.61. The fraction of sp³-hybridized carbons (Fsp3) is 0.545. The Bertz CT molecular complexity index is 954. The second-order valence-electron chi connectivity index (χ2n) is 8.45. The summed E-state index contributed by atoms with van der Waals surface area (Å²) in [6, 6.07) is 6.03. The third-order valence-electron chi connectivity index (χ3n) is 6.38. The highest BCUT2D eigenvalue weighted by molar-refractivity contribution is 6.31. The SMILES string of the molecule is CN(c1cc(C(F)(F)F)nc2ccc(Cl)cc12)[C@H]1CC[C@@H](NC(=O)N2CCCC2)CC1. The normalized spacial score (nSPS) is 22.0. The van der Waals surface area contributed by atoms with Crippen LogP contribution in [0.15, 0.2) is 24.3 Å². The number of urea groups is 1. The lowest BCUT2D eigenvalue weighted by Crippen LogP contribution is -2.47. The smallest absolute Gasteiger partial charge is 0.371 e. The van der Waals surface area contributed by atoms with E-state index in [1.807, 2.05) is 16.8 Å². The van der Waals surface area contributed by atoms with Gasteiger partial charge in [0.15, 0.2) is 0 Å². The molecule has 0 spiro atoms. The Morgan fingerprint density at radius 2 is 1.84 bits per heavy atom. The maximum Gasteiger partial charge on any atom is 0.433 e. The third-order valence-corrected chi connectivity index (χ3v) is 6.62.